The summed E-state index contributed by atoms with van der Waals surface area (Å²) >= 11 is 0. The third kappa shape index (κ3) is 25.6. The van der Waals surface area contributed by atoms with E-state index in [4.69, 9.17) is 10.3 Å². The summed E-state index contributed by atoms with van der Waals surface area (Å²) in [5.41, 5.74) is 5.11. The standard InChI is InChI=1S/C18H37NO.C5H13O4P/c1-2-3-4-5-6-7-8-9-10-11-12-13-14-15-16-17-18(19)20;1-4-5-9-10(6,7-2)8-3/h2-17H2,1H3,(H2,19,20);4-5H2,1-3H3. The van der Waals surface area contributed by atoms with Crippen LogP contribution in [0.25, 0.3) is 0 Å². The molecule has 0 fully saturated rings. The Bertz CT molecular complexity index is 399. The van der Waals surface area contributed by atoms with Crippen molar-refractivity contribution in [2.24, 2.45) is 5.73 Å². The molecule has 1 amide bonds. The summed E-state index contributed by atoms with van der Waals surface area (Å²) in [6.45, 7) is 4.58. The summed E-state index contributed by atoms with van der Waals surface area (Å²) in [6, 6.07) is 0. The number of nitrogens with two attached hydrogens (primary N) is 1. The van der Waals surface area contributed by atoms with Gasteiger partial charge >= 0.3 is 7.82 Å². The number of amides is 1. The van der Waals surface area contributed by atoms with Gasteiger partial charge < -0.3 is 5.73 Å². The Morgan fingerprint density at radius 2 is 1.03 bits per heavy atom. The third-order valence-corrected chi connectivity index (χ3v) is 6.32. The predicted octanol–water partition coefficient (Wildman–Crippen LogP) is 7.55. The Balaban J connectivity index is 0. The van der Waals surface area contributed by atoms with Crippen molar-refractivity contribution in [3.63, 3.8) is 0 Å². The molecule has 2 N–H and O–H groups in total. The summed E-state index contributed by atoms with van der Waals surface area (Å²) < 4.78 is 24.8. The first-order valence-electron chi connectivity index (χ1n) is 12.1. The van der Waals surface area contributed by atoms with Crippen molar-refractivity contribution in [1.29, 1.82) is 0 Å². The molecule has 0 aromatic carbocycles. The zero-order valence-electron chi connectivity index (χ0n) is 20.3. The van der Waals surface area contributed by atoms with Gasteiger partial charge in [-0.05, 0) is 12.8 Å². The fourth-order valence-corrected chi connectivity index (χ4v) is 3.82. The summed E-state index contributed by atoms with van der Waals surface area (Å²) in [6.07, 6.45) is 21.7. The molecule has 0 saturated heterocycles. The Kier molecular flexibility index (Phi) is 26.3. The van der Waals surface area contributed by atoms with E-state index in [9.17, 15) is 9.36 Å². The number of carbonyl (C=O) groups excluding carboxylic acids is 1. The number of hydrogen-bond acceptors (Lipinski definition) is 5. The van der Waals surface area contributed by atoms with E-state index in [2.05, 4.69) is 16.0 Å². The fourth-order valence-electron chi connectivity index (χ4n) is 3.05. The molecule has 0 aliphatic heterocycles. The lowest BCUT2D eigenvalue weighted by atomic mass is 10.0. The second kappa shape index (κ2) is 24.8. The maximum Gasteiger partial charge on any atom is 0.474 e. The zero-order chi connectivity index (χ0) is 22.9. The monoisotopic (exact) mass is 451 g/mol. The lowest BCUT2D eigenvalue weighted by molar-refractivity contribution is -0.118. The minimum atomic E-state index is -3.20. The number of primary amides is 1. The van der Waals surface area contributed by atoms with Gasteiger partial charge in [0.15, 0.2) is 0 Å². The fraction of sp³-hybridized carbons (Fsp3) is 0.957. The smallest absolute Gasteiger partial charge is 0.370 e. The van der Waals surface area contributed by atoms with E-state index in [-0.39, 0.29) is 5.91 Å². The maximum atomic E-state index is 11.0. The van der Waals surface area contributed by atoms with Gasteiger partial charge in [0.25, 0.3) is 0 Å². The quantitative estimate of drug-likeness (QED) is 0.144. The zero-order valence-corrected chi connectivity index (χ0v) is 21.2. The molecule has 182 valence electrons. The van der Waals surface area contributed by atoms with Crippen LogP contribution in [0, 0.1) is 0 Å². The molecule has 0 radical (unpaired) electrons. The van der Waals surface area contributed by atoms with Gasteiger partial charge in [0.05, 0.1) is 6.61 Å². The van der Waals surface area contributed by atoms with Gasteiger partial charge in [-0.3, -0.25) is 18.4 Å². The van der Waals surface area contributed by atoms with Crippen LogP contribution in [0.1, 0.15) is 123 Å². The average Bonchev–Trinajstić information content (AvgIpc) is 2.75. The number of carbonyl (C=O) groups is 1. The van der Waals surface area contributed by atoms with E-state index in [1.807, 2.05) is 6.92 Å². The van der Waals surface area contributed by atoms with Crippen molar-refractivity contribution in [3.05, 3.63) is 0 Å². The third-order valence-electron chi connectivity index (χ3n) is 4.93. The van der Waals surface area contributed by atoms with Crippen LogP contribution in [0.2, 0.25) is 0 Å². The van der Waals surface area contributed by atoms with Crippen molar-refractivity contribution in [1.82, 2.24) is 0 Å². The Hall–Kier alpha value is -0.420. The van der Waals surface area contributed by atoms with Crippen molar-refractivity contribution >= 4 is 13.7 Å². The number of hydrogen-bond donors (Lipinski definition) is 1. The molecule has 0 aliphatic rings. The molecule has 6 nitrogen and oxygen atoms in total. The first kappa shape index (κ1) is 31.8. The molecule has 0 spiro atoms. The van der Waals surface area contributed by atoms with Crippen LogP contribution in [0.5, 0.6) is 0 Å². The second-order valence-corrected chi connectivity index (χ2v) is 9.69. The largest absolute Gasteiger partial charge is 0.474 e. The summed E-state index contributed by atoms with van der Waals surface area (Å²) in [4.78, 5) is 10.6. The molecular weight excluding hydrogens is 401 g/mol. The Morgan fingerprint density at radius 1 is 0.667 bits per heavy atom. The predicted molar refractivity (Wildman–Crippen MR) is 127 cm³/mol. The van der Waals surface area contributed by atoms with Crippen LogP contribution < -0.4 is 5.73 Å². The average molecular weight is 452 g/mol. The highest BCUT2D eigenvalue weighted by atomic mass is 31.2. The van der Waals surface area contributed by atoms with Gasteiger partial charge in [-0.2, -0.15) is 0 Å². The lowest BCUT2D eigenvalue weighted by Crippen LogP contribution is -2.09. The van der Waals surface area contributed by atoms with E-state index in [1.54, 1.807) is 0 Å². The highest BCUT2D eigenvalue weighted by molar-refractivity contribution is 7.48. The first-order chi connectivity index (χ1) is 14.5. The second-order valence-electron chi connectivity index (χ2n) is 7.81. The van der Waals surface area contributed by atoms with Gasteiger partial charge in [-0.15, -0.1) is 0 Å². The highest BCUT2D eigenvalue weighted by Gasteiger charge is 2.21. The SMILES string of the molecule is CCCCCCCCCCCCCCCCCC(N)=O.CCCOP(=O)(OC)OC. The van der Waals surface area contributed by atoms with Gasteiger partial charge in [0, 0.05) is 20.6 Å². The lowest BCUT2D eigenvalue weighted by Gasteiger charge is -2.11. The number of rotatable bonds is 21. The molecular formula is C23H50NO5P. The number of phosphoric ester groups is 1. The van der Waals surface area contributed by atoms with Gasteiger partial charge in [-0.25, -0.2) is 4.57 Å². The number of phosphoric acid groups is 1. The van der Waals surface area contributed by atoms with Crippen molar-refractivity contribution in [2.75, 3.05) is 20.8 Å². The van der Waals surface area contributed by atoms with E-state index < -0.39 is 7.82 Å². The van der Waals surface area contributed by atoms with Crippen molar-refractivity contribution in [3.8, 4) is 0 Å². The summed E-state index contributed by atoms with van der Waals surface area (Å²) in [5.74, 6) is -0.153. The van der Waals surface area contributed by atoms with Crippen LogP contribution in [0.15, 0.2) is 0 Å². The molecule has 0 bridgehead atoms. The molecule has 0 aromatic heterocycles. The normalized spacial score (nSPS) is 11.2. The minimum absolute atomic E-state index is 0.153. The summed E-state index contributed by atoms with van der Waals surface area (Å²) in [5, 5.41) is 0. The van der Waals surface area contributed by atoms with Crippen LogP contribution in [0.3, 0.4) is 0 Å². The topological polar surface area (TPSA) is 87.9 Å². The van der Waals surface area contributed by atoms with E-state index in [0.29, 0.717) is 13.0 Å². The van der Waals surface area contributed by atoms with Crippen LogP contribution in [0.4, 0.5) is 0 Å². The Morgan fingerprint density at radius 3 is 1.33 bits per heavy atom. The van der Waals surface area contributed by atoms with E-state index in [0.717, 1.165) is 12.8 Å². The van der Waals surface area contributed by atoms with Gasteiger partial charge in [-0.1, -0.05) is 104 Å². The molecule has 0 unspecified atom stereocenters. The molecule has 0 atom stereocenters. The molecule has 0 heterocycles. The first-order valence-corrected chi connectivity index (χ1v) is 13.6. The molecule has 30 heavy (non-hydrogen) atoms. The van der Waals surface area contributed by atoms with E-state index >= 15 is 0 Å². The molecule has 7 heteroatoms. The molecule has 0 saturated carbocycles. The highest BCUT2D eigenvalue weighted by Crippen LogP contribution is 2.47. The van der Waals surface area contributed by atoms with Crippen LogP contribution >= 0.6 is 7.82 Å². The maximum absolute atomic E-state index is 11.0. The Labute approximate surface area is 186 Å². The van der Waals surface area contributed by atoms with Gasteiger partial charge in [0.1, 0.15) is 0 Å². The van der Waals surface area contributed by atoms with Crippen LogP contribution in [-0.2, 0) is 22.9 Å². The van der Waals surface area contributed by atoms with Crippen molar-refractivity contribution < 1.29 is 22.9 Å². The number of unbranched alkanes of at least 4 members (excludes halogenated alkanes) is 14. The molecule has 0 aromatic rings. The minimum Gasteiger partial charge on any atom is -0.370 e. The molecule has 0 aliphatic carbocycles. The van der Waals surface area contributed by atoms with Gasteiger partial charge in [0.2, 0.25) is 5.91 Å². The van der Waals surface area contributed by atoms with Crippen LogP contribution in [-0.4, -0.2) is 26.7 Å². The molecule has 0 rings (SSSR count). The van der Waals surface area contributed by atoms with E-state index in [1.165, 1.54) is 104 Å². The van der Waals surface area contributed by atoms with Crippen molar-refractivity contribution in [2.45, 2.75) is 123 Å². The summed E-state index contributed by atoms with van der Waals surface area (Å²) in [7, 11) is -0.614.